The van der Waals surface area contributed by atoms with Crippen molar-refractivity contribution in [1.82, 2.24) is 19.4 Å². The van der Waals surface area contributed by atoms with Crippen molar-refractivity contribution in [3.8, 4) is 25.7 Å². The van der Waals surface area contributed by atoms with Crippen LogP contribution in [0.3, 0.4) is 0 Å². The second kappa shape index (κ2) is 17.2. The van der Waals surface area contributed by atoms with Crippen molar-refractivity contribution in [2.75, 3.05) is 52.6 Å². The van der Waals surface area contributed by atoms with Crippen LogP contribution in [0.2, 0.25) is 10.0 Å². The van der Waals surface area contributed by atoms with Gasteiger partial charge in [-0.2, -0.15) is 0 Å². The molecule has 1 aromatic rings. The fraction of sp³-hybridized carbons (Fsp3) is 0.538. The molecule has 0 unspecified atom stereocenters. The number of piperazine rings is 1. The van der Waals surface area contributed by atoms with Gasteiger partial charge in [-0.3, -0.25) is 4.79 Å². The van der Waals surface area contributed by atoms with Gasteiger partial charge >= 0.3 is 6.09 Å². The van der Waals surface area contributed by atoms with E-state index in [1.807, 2.05) is 0 Å². The minimum absolute atomic E-state index is 0. The zero-order valence-corrected chi connectivity index (χ0v) is 23.4. The standard InChI is InChI=1S/C21H30Cl2N4O5S.2C2H2.CH4/c1-32-21(29)27-14-17(12-25-7-3-4-8-25)26(13-16(27)11-24-33(2,30)31)20(28)10-15-5-6-18(22)19(23)9-15;2*1-2;/h5-6,9,16-17,24H,3-4,7-8,10-14H2,1-2H3;2*1-2H;1H4/t16-,17-;;;/m1.../s1. The molecule has 9 nitrogen and oxygen atoms in total. The van der Waals surface area contributed by atoms with Crippen LogP contribution >= 0.6 is 23.2 Å². The number of amides is 2. The summed E-state index contributed by atoms with van der Waals surface area (Å²) >= 11 is 12.1. The first-order valence-corrected chi connectivity index (χ1v) is 14.1. The first-order valence-electron chi connectivity index (χ1n) is 11.5. The number of hydrogen-bond donors (Lipinski definition) is 1. The summed E-state index contributed by atoms with van der Waals surface area (Å²) in [7, 11) is -2.18. The smallest absolute Gasteiger partial charge is 0.409 e. The van der Waals surface area contributed by atoms with Crippen LogP contribution in [-0.2, 0) is 26.0 Å². The molecule has 0 bridgehead atoms. The summed E-state index contributed by atoms with van der Waals surface area (Å²) in [6.07, 6.45) is 18.8. The van der Waals surface area contributed by atoms with Gasteiger partial charge in [0.1, 0.15) is 0 Å². The Labute approximate surface area is 237 Å². The normalized spacial score (nSPS) is 19.2. The Morgan fingerprint density at radius 1 is 1.03 bits per heavy atom. The number of nitrogens with zero attached hydrogens (tertiary/aromatic N) is 3. The number of ether oxygens (including phenoxy) is 1. The van der Waals surface area contributed by atoms with E-state index in [2.05, 4.69) is 35.3 Å². The highest BCUT2D eigenvalue weighted by atomic mass is 35.5. The number of carbonyl (C=O) groups is 2. The van der Waals surface area contributed by atoms with Crippen molar-refractivity contribution >= 4 is 45.2 Å². The van der Waals surface area contributed by atoms with Crippen LogP contribution in [0, 0.1) is 25.7 Å². The number of hydrogen-bond acceptors (Lipinski definition) is 6. The number of nitrogens with one attached hydrogen (secondary N) is 1. The lowest BCUT2D eigenvalue weighted by atomic mass is 10.0. The predicted octanol–water partition coefficient (Wildman–Crippen LogP) is 2.96. The number of carbonyl (C=O) groups excluding carboxylic acids is 2. The Hall–Kier alpha value is -2.47. The van der Waals surface area contributed by atoms with E-state index in [1.165, 1.54) is 12.0 Å². The summed E-state index contributed by atoms with van der Waals surface area (Å²) in [5.41, 5.74) is 0.732. The average molecular weight is 590 g/mol. The molecule has 1 aromatic carbocycles. The molecule has 0 aliphatic carbocycles. The number of halogens is 2. The molecule has 38 heavy (non-hydrogen) atoms. The summed E-state index contributed by atoms with van der Waals surface area (Å²) in [5, 5.41) is 0.791. The van der Waals surface area contributed by atoms with Gasteiger partial charge in [-0.15, -0.1) is 25.7 Å². The summed E-state index contributed by atoms with van der Waals surface area (Å²) in [6.45, 7) is 2.96. The Kier molecular flexibility index (Phi) is 16.1. The molecule has 1 N–H and O–H groups in total. The number of likely N-dealkylation sites (tertiary alicyclic amines) is 1. The third-order valence-electron chi connectivity index (χ3n) is 6.01. The van der Waals surface area contributed by atoms with Crippen molar-refractivity contribution in [2.45, 2.75) is 38.8 Å². The quantitative estimate of drug-likeness (QED) is 0.492. The highest BCUT2D eigenvalue weighted by molar-refractivity contribution is 7.88. The lowest BCUT2D eigenvalue weighted by molar-refractivity contribution is -0.137. The van der Waals surface area contributed by atoms with Crippen molar-refractivity contribution in [1.29, 1.82) is 0 Å². The van der Waals surface area contributed by atoms with Gasteiger partial charge < -0.3 is 19.4 Å². The number of terminal acetylenes is 2. The van der Waals surface area contributed by atoms with E-state index in [4.69, 9.17) is 27.9 Å². The summed E-state index contributed by atoms with van der Waals surface area (Å²) in [4.78, 5) is 31.5. The van der Waals surface area contributed by atoms with E-state index in [9.17, 15) is 18.0 Å². The minimum atomic E-state index is -3.47. The number of methoxy groups -OCH3 is 1. The van der Waals surface area contributed by atoms with Crippen molar-refractivity contribution in [3.05, 3.63) is 33.8 Å². The second-order valence-corrected chi connectivity index (χ2v) is 11.2. The number of rotatable bonds is 7. The van der Waals surface area contributed by atoms with Gasteiger partial charge in [0.05, 0.1) is 41.9 Å². The van der Waals surface area contributed by atoms with E-state index in [1.54, 1.807) is 23.1 Å². The molecule has 2 heterocycles. The van der Waals surface area contributed by atoms with Crippen LogP contribution in [-0.4, -0.2) is 99.8 Å². The molecule has 2 aliphatic heterocycles. The van der Waals surface area contributed by atoms with Gasteiger partial charge in [0.25, 0.3) is 0 Å². The molecular weight excluding hydrogens is 551 g/mol. The number of sulfonamides is 1. The molecule has 2 amide bonds. The molecule has 2 atom stereocenters. The molecular formula is C26H38Cl2N4O5S. The molecule has 2 fully saturated rings. The second-order valence-electron chi connectivity index (χ2n) is 8.53. The summed E-state index contributed by atoms with van der Waals surface area (Å²) < 4.78 is 30.8. The topological polar surface area (TPSA) is 99.3 Å². The van der Waals surface area contributed by atoms with Gasteiger partial charge in [-0.05, 0) is 43.6 Å². The molecule has 0 spiro atoms. The minimum Gasteiger partial charge on any atom is -0.453 e. The van der Waals surface area contributed by atoms with Crippen LogP contribution in [0.4, 0.5) is 4.79 Å². The fourth-order valence-corrected chi connectivity index (χ4v) is 5.18. The Morgan fingerprint density at radius 3 is 2.13 bits per heavy atom. The van der Waals surface area contributed by atoms with Gasteiger partial charge in [0.2, 0.25) is 15.9 Å². The van der Waals surface area contributed by atoms with Crippen molar-refractivity contribution in [2.24, 2.45) is 0 Å². The van der Waals surface area contributed by atoms with E-state index in [0.717, 1.165) is 37.8 Å². The molecule has 0 saturated carbocycles. The largest absolute Gasteiger partial charge is 0.453 e. The van der Waals surface area contributed by atoms with Gasteiger partial charge in [-0.1, -0.05) is 36.7 Å². The predicted molar refractivity (Wildman–Crippen MR) is 154 cm³/mol. The maximum Gasteiger partial charge on any atom is 0.409 e. The maximum absolute atomic E-state index is 13.4. The van der Waals surface area contributed by atoms with Crippen LogP contribution in [0.25, 0.3) is 0 Å². The van der Waals surface area contributed by atoms with Crippen LogP contribution < -0.4 is 4.72 Å². The summed E-state index contributed by atoms with van der Waals surface area (Å²) in [6, 6.07) is 4.29. The van der Waals surface area contributed by atoms with Gasteiger partial charge in [-0.25, -0.2) is 17.9 Å². The van der Waals surface area contributed by atoms with Gasteiger partial charge in [0.15, 0.2) is 0 Å². The van der Waals surface area contributed by atoms with E-state index < -0.39 is 22.2 Å². The van der Waals surface area contributed by atoms with Gasteiger partial charge in [0, 0.05) is 26.2 Å². The third-order valence-corrected chi connectivity index (χ3v) is 7.44. The monoisotopic (exact) mass is 588 g/mol. The van der Waals surface area contributed by atoms with Crippen molar-refractivity contribution < 1.29 is 22.7 Å². The molecule has 2 saturated heterocycles. The highest BCUT2D eigenvalue weighted by Crippen LogP contribution is 2.25. The molecule has 12 heteroatoms. The average Bonchev–Trinajstić information content (AvgIpc) is 3.39. The van der Waals surface area contributed by atoms with Crippen LogP contribution in [0.15, 0.2) is 18.2 Å². The molecule has 0 radical (unpaired) electrons. The number of benzene rings is 1. The Bertz CT molecular complexity index is 1050. The van der Waals surface area contributed by atoms with E-state index in [0.29, 0.717) is 16.6 Å². The lowest BCUT2D eigenvalue weighted by Gasteiger charge is -2.46. The van der Waals surface area contributed by atoms with E-state index >= 15 is 0 Å². The Balaban J connectivity index is 0.00000261. The fourth-order valence-electron chi connectivity index (χ4n) is 4.36. The maximum atomic E-state index is 13.4. The first-order chi connectivity index (χ1) is 17.6. The lowest BCUT2D eigenvalue weighted by Crippen LogP contribution is -2.65. The Morgan fingerprint density at radius 2 is 1.61 bits per heavy atom. The zero-order valence-electron chi connectivity index (χ0n) is 21.1. The molecule has 2 aliphatic rings. The van der Waals surface area contributed by atoms with E-state index in [-0.39, 0.29) is 45.4 Å². The van der Waals surface area contributed by atoms with Crippen LogP contribution in [0.5, 0.6) is 0 Å². The molecule has 212 valence electrons. The van der Waals surface area contributed by atoms with Crippen LogP contribution in [0.1, 0.15) is 25.8 Å². The first kappa shape index (κ1) is 35.5. The van der Waals surface area contributed by atoms with Crippen molar-refractivity contribution in [3.63, 3.8) is 0 Å². The molecule has 3 rings (SSSR count). The molecule has 0 aromatic heterocycles. The third kappa shape index (κ3) is 10.7. The zero-order chi connectivity index (χ0) is 28.2. The summed E-state index contributed by atoms with van der Waals surface area (Å²) in [5.74, 6) is -0.119. The highest BCUT2D eigenvalue weighted by Gasteiger charge is 2.40. The SMILES string of the molecule is C.C#C.C#C.COC(=O)N1C[C@@H](CN2CCCC2)N(C(=O)Cc2ccc(Cl)c(Cl)c2)C[C@H]1CNS(C)(=O)=O.